The molecule has 0 unspecified atom stereocenters. The number of hydrogen-bond acceptors (Lipinski definition) is 4. The maximum absolute atomic E-state index is 14.2. The summed E-state index contributed by atoms with van der Waals surface area (Å²) in [6.45, 7) is 2.33. The molecule has 206 valence electrons. The molecule has 1 aliphatic heterocycles. The molecule has 3 aromatic rings. The highest BCUT2D eigenvalue weighted by molar-refractivity contribution is 8.45. The van der Waals surface area contributed by atoms with Crippen molar-refractivity contribution in [2.75, 3.05) is 10.2 Å². The molecule has 0 spiro atoms. The van der Waals surface area contributed by atoms with Crippen molar-refractivity contribution in [3.05, 3.63) is 83.4 Å². The van der Waals surface area contributed by atoms with Crippen molar-refractivity contribution in [2.45, 2.75) is 30.8 Å². The van der Waals surface area contributed by atoms with Crippen LogP contribution in [0.25, 0.3) is 0 Å². The van der Waals surface area contributed by atoms with E-state index in [1.165, 1.54) is 26.0 Å². The first-order chi connectivity index (χ1) is 17.8. The van der Waals surface area contributed by atoms with Crippen LogP contribution in [-0.2, 0) is 11.3 Å². The fraction of sp³-hybridized carbons (Fsp3) is 0.160. The molecule has 6 nitrogen and oxygen atoms in total. The van der Waals surface area contributed by atoms with Gasteiger partial charge in [-0.1, -0.05) is 37.6 Å². The van der Waals surface area contributed by atoms with Crippen LogP contribution >= 0.6 is 10.2 Å². The minimum Gasteiger partial charge on any atom is -0.353 e. The quantitative estimate of drug-likeness (QED) is 0.240. The summed E-state index contributed by atoms with van der Waals surface area (Å²) in [4.78, 5) is 25.4. The number of nitriles is 1. The van der Waals surface area contributed by atoms with Crippen LogP contribution in [0.4, 0.5) is 50.1 Å². The molecule has 3 amide bonds. The SMILES string of the molecule is CC1(C)C(=O)N(c2ccc(C#N)c(S(F)(F)(F)(F)F)c2)C(=O)N1Cc1ccccc1Nc1ccc(F)cc1F. The van der Waals surface area contributed by atoms with E-state index in [1.54, 1.807) is 12.1 Å². The largest absolute Gasteiger partial charge is 0.353 e. The molecule has 1 N–H and O–H groups in total. The Labute approximate surface area is 218 Å². The number of hydrogen-bond donors (Lipinski definition) is 1. The molecule has 4 rings (SSSR count). The molecule has 0 saturated carbocycles. The molecule has 0 atom stereocenters. The highest BCUT2D eigenvalue weighted by atomic mass is 32.5. The van der Waals surface area contributed by atoms with Gasteiger partial charge in [-0.15, -0.1) is 0 Å². The van der Waals surface area contributed by atoms with Crippen molar-refractivity contribution in [1.29, 1.82) is 5.26 Å². The van der Waals surface area contributed by atoms with E-state index in [0.717, 1.165) is 29.2 Å². The van der Waals surface area contributed by atoms with Gasteiger partial charge in [0.2, 0.25) is 0 Å². The molecule has 3 aromatic carbocycles. The predicted octanol–water partition coefficient (Wildman–Crippen LogP) is 7.98. The van der Waals surface area contributed by atoms with Crippen LogP contribution in [0, 0.1) is 23.0 Å². The average Bonchev–Trinajstić information content (AvgIpc) is 2.99. The van der Waals surface area contributed by atoms with E-state index < -0.39 is 55.5 Å². The zero-order valence-electron chi connectivity index (χ0n) is 20.2. The summed E-state index contributed by atoms with van der Waals surface area (Å²) < 4.78 is 95.7. The zero-order chi connectivity index (χ0) is 29.0. The van der Waals surface area contributed by atoms with Gasteiger partial charge in [0.05, 0.1) is 23.5 Å². The van der Waals surface area contributed by atoms with Crippen molar-refractivity contribution in [2.24, 2.45) is 0 Å². The lowest BCUT2D eigenvalue weighted by Crippen LogP contribution is -2.43. The van der Waals surface area contributed by atoms with Gasteiger partial charge in [-0.3, -0.25) is 4.79 Å². The van der Waals surface area contributed by atoms with Crippen molar-refractivity contribution in [3.63, 3.8) is 0 Å². The highest BCUT2D eigenvalue weighted by Crippen LogP contribution is 3.02. The summed E-state index contributed by atoms with van der Waals surface area (Å²) in [6, 6.07) is 10.2. The zero-order valence-corrected chi connectivity index (χ0v) is 21.0. The topological polar surface area (TPSA) is 76.4 Å². The molecule has 39 heavy (non-hydrogen) atoms. The number of imide groups is 1. The van der Waals surface area contributed by atoms with Crippen LogP contribution in [-0.4, -0.2) is 22.4 Å². The Morgan fingerprint density at radius 2 is 1.59 bits per heavy atom. The lowest BCUT2D eigenvalue weighted by molar-refractivity contribution is -0.123. The number of urea groups is 1. The third-order valence-electron chi connectivity index (χ3n) is 6.13. The second-order valence-electron chi connectivity index (χ2n) is 9.24. The summed E-state index contributed by atoms with van der Waals surface area (Å²) in [5.74, 6) is -2.70. The monoisotopic (exact) mass is 572 g/mol. The van der Waals surface area contributed by atoms with Crippen LogP contribution in [0.15, 0.2) is 65.6 Å². The maximum Gasteiger partial charge on any atom is 0.332 e. The molecular formula is C25H19F7N4O2S. The predicted molar refractivity (Wildman–Crippen MR) is 131 cm³/mol. The molecule has 1 saturated heterocycles. The molecule has 1 fully saturated rings. The van der Waals surface area contributed by atoms with Crippen LogP contribution in [0.1, 0.15) is 25.0 Å². The molecule has 0 bridgehead atoms. The molecular weight excluding hydrogens is 553 g/mol. The van der Waals surface area contributed by atoms with Crippen molar-refractivity contribution >= 4 is 39.2 Å². The standard InChI is InChI=1S/C25H19F7N4O2S/c1-25(2)23(37)36(18-9-7-15(13-33)22(12-18)39(28,29,30,31)32)24(38)35(25)14-16-5-3-4-6-20(16)34-21-10-8-17(26)11-19(21)27/h3-12,34H,14H2,1-2H3. The van der Waals surface area contributed by atoms with E-state index in [-0.39, 0.29) is 24.0 Å². The van der Waals surface area contributed by atoms with Gasteiger partial charge in [-0.25, -0.2) is 18.5 Å². The molecule has 1 heterocycles. The Bertz CT molecular complexity index is 1570. The average molecular weight is 573 g/mol. The first-order valence-corrected chi connectivity index (χ1v) is 13.0. The number of halogens is 7. The second-order valence-corrected chi connectivity index (χ2v) is 11.6. The van der Waals surface area contributed by atoms with E-state index in [1.807, 2.05) is 0 Å². The Kier molecular flexibility index (Phi) is 5.96. The van der Waals surface area contributed by atoms with E-state index in [2.05, 4.69) is 5.32 Å². The maximum atomic E-state index is 14.2. The number of carbonyl (C=O) groups is 2. The third-order valence-corrected chi connectivity index (χ3v) is 7.30. The minimum absolute atomic E-state index is 0.0810. The number of anilines is 3. The Morgan fingerprint density at radius 1 is 0.923 bits per heavy atom. The lowest BCUT2D eigenvalue weighted by atomic mass is 10.0. The molecule has 0 radical (unpaired) electrons. The van der Waals surface area contributed by atoms with Crippen molar-refractivity contribution < 1.29 is 37.8 Å². The summed E-state index contributed by atoms with van der Waals surface area (Å²) in [5, 5.41) is 11.7. The minimum atomic E-state index is -10.4. The fourth-order valence-electron chi connectivity index (χ4n) is 4.08. The number of carbonyl (C=O) groups excluding carboxylic acids is 2. The van der Waals surface area contributed by atoms with Gasteiger partial charge in [0, 0.05) is 11.8 Å². The smallest absolute Gasteiger partial charge is 0.332 e. The van der Waals surface area contributed by atoms with E-state index >= 15 is 0 Å². The van der Waals surface area contributed by atoms with Gasteiger partial charge in [0.25, 0.3) is 5.91 Å². The summed E-state index contributed by atoms with van der Waals surface area (Å²) >= 11 is 0. The molecule has 0 aliphatic carbocycles. The summed E-state index contributed by atoms with van der Waals surface area (Å²) in [6.07, 6.45) is 0. The van der Waals surface area contributed by atoms with Gasteiger partial charge < -0.3 is 10.2 Å². The van der Waals surface area contributed by atoms with Crippen molar-refractivity contribution in [3.8, 4) is 6.07 Å². The summed E-state index contributed by atoms with van der Waals surface area (Å²) in [7, 11) is -10.4. The number of amides is 3. The normalized spacial score (nSPS) is 17.0. The summed E-state index contributed by atoms with van der Waals surface area (Å²) in [5.41, 5.74) is -3.25. The van der Waals surface area contributed by atoms with Gasteiger partial charge in [0.1, 0.15) is 28.1 Å². The van der Waals surface area contributed by atoms with E-state index in [0.29, 0.717) is 22.6 Å². The van der Waals surface area contributed by atoms with Gasteiger partial charge in [0.15, 0.2) is 0 Å². The highest BCUT2D eigenvalue weighted by Gasteiger charge is 2.67. The van der Waals surface area contributed by atoms with Crippen molar-refractivity contribution in [1.82, 2.24) is 4.90 Å². The Hall–Kier alpha value is -4.25. The molecule has 1 aliphatic rings. The van der Waals surface area contributed by atoms with Gasteiger partial charge in [-0.05, 0) is 55.8 Å². The second kappa shape index (κ2) is 8.37. The van der Waals surface area contributed by atoms with Gasteiger partial charge in [-0.2, -0.15) is 5.26 Å². The van der Waals surface area contributed by atoms with E-state index in [9.17, 15) is 37.8 Å². The number of rotatable bonds is 6. The molecule has 14 heteroatoms. The van der Waals surface area contributed by atoms with Crippen LogP contribution in [0.2, 0.25) is 0 Å². The van der Waals surface area contributed by atoms with Crippen LogP contribution in [0.3, 0.4) is 0 Å². The Balaban J connectivity index is 1.72. The number of nitrogens with one attached hydrogen (secondary N) is 1. The van der Waals surface area contributed by atoms with E-state index in [4.69, 9.17) is 5.26 Å². The lowest BCUT2D eigenvalue weighted by Gasteiger charge is -2.41. The Morgan fingerprint density at radius 3 is 2.21 bits per heavy atom. The molecule has 0 aromatic heterocycles. The first kappa shape index (κ1) is 27.8. The fourth-order valence-corrected chi connectivity index (χ4v) is 4.95. The first-order valence-electron chi connectivity index (χ1n) is 11.1. The van der Waals surface area contributed by atoms with Crippen LogP contribution in [0.5, 0.6) is 0 Å². The van der Waals surface area contributed by atoms with Gasteiger partial charge >= 0.3 is 16.3 Å². The number of para-hydroxylation sites is 1. The number of nitrogens with zero attached hydrogens (tertiary/aromatic N) is 3. The third kappa shape index (κ3) is 5.22. The number of benzene rings is 3. The van der Waals surface area contributed by atoms with Crippen LogP contribution < -0.4 is 10.2 Å².